The van der Waals surface area contributed by atoms with Crippen LogP contribution in [0.3, 0.4) is 0 Å². The Bertz CT molecular complexity index is 1520. The molecule has 0 bridgehead atoms. The number of hydrazone groups is 1. The fraction of sp³-hybridized carbons (Fsp3) is 0.405. The molecule has 9 nitrogen and oxygen atoms in total. The normalized spacial score (nSPS) is 18.0. The summed E-state index contributed by atoms with van der Waals surface area (Å²) in [5.41, 5.74) is 10.1. The number of fused-ring (bicyclic) bond motifs is 3. The molecule has 4 amide bonds. The minimum Gasteiger partial charge on any atom is -0.449 e. The van der Waals surface area contributed by atoms with Crippen molar-refractivity contribution < 1.29 is 19.1 Å². The Hall–Kier alpha value is -4.18. The summed E-state index contributed by atoms with van der Waals surface area (Å²) in [7, 11) is 0. The van der Waals surface area contributed by atoms with E-state index in [1.54, 1.807) is 0 Å². The summed E-state index contributed by atoms with van der Waals surface area (Å²) in [6.45, 7) is 5.25. The molecule has 4 N–H and O–H groups in total. The first-order chi connectivity index (χ1) is 22.9. The lowest BCUT2D eigenvalue weighted by molar-refractivity contribution is -0.126. The number of halogens is 1. The number of alkyl carbamates (subject to hydrolysis) is 1. The highest BCUT2D eigenvalue weighted by Crippen LogP contribution is 2.44. The van der Waals surface area contributed by atoms with Gasteiger partial charge in [0.15, 0.2) is 0 Å². The largest absolute Gasteiger partial charge is 0.449 e. The minimum atomic E-state index is -0.531. The molecule has 0 heterocycles. The topological polar surface area (TPSA) is 121 Å². The molecule has 3 aromatic rings. The number of benzene rings is 3. The summed E-state index contributed by atoms with van der Waals surface area (Å²) in [6, 6.07) is 23.8. The van der Waals surface area contributed by atoms with Gasteiger partial charge in [0.25, 0.3) is 0 Å². The molecule has 2 aliphatic carbocycles. The number of carbonyl (C=O) groups excluding carboxylic acids is 3. The van der Waals surface area contributed by atoms with E-state index < -0.39 is 18.2 Å². The van der Waals surface area contributed by atoms with E-state index >= 15 is 0 Å². The summed E-state index contributed by atoms with van der Waals surface area (Å²) in [4.78, 5) is 38.1. The smallest absolute Gasteiger partial charge is 0.407 e. The number of alkyl halides is 1. The SMILES string of the molecule is CC[C@H](NC(=O)OCC1c2ccccc2-c2ccccc21)/C(CBr)=N/NC(=O)NCC1CCC(C(=O)NCc2ccc(C)cc2)CC1. The average Bonchev–Trinajstić information content (AvgIpc) is 3.42. The second-order valence-corrected chi connectivity index (χ2v) is 13.0. The first-order valence-corrected chi connectivity index (χ1v) is 17.6. The highest BCUT2D eigenvalue weighted by molar-refractivity contribution is 9.09. The van der Waals surface area contributed by atoms with Crippen LogP contribution in [0.2, 0.25) is 0 Å². The lowest BCUT2D eigenvalue weighted by atomic mass is 9.81. The standard InChI is InChI=1S/C37H44BrN5O4/c1-3-33(41-37(46)47-23-32-30-10-6-4-8-28(30)29-9-5-7-11-31(29)32)34(20-38)42-43-36(45)40-22-26-16-18-27(19-17-26)35(44)39-21-25-14-12-24(2)13-15-25/h4-15,26-27,32-33H,3,16-23H2,1-2H3,(H,39,44)(H,41,46)(H2,40,43,45)/b42-34+/t26?,27?,33-/m0/s1. The first-order valence-electron chi connectivity index (χ1n) is 16.5. The highest BCUT2D eigenvalue weighted by Gasteiger charge is 2.30. The highest BCUT2D eigenvalue weighted by atomic mass is 79.9. The third kappa shape index (κ3) is 9.00. The Morgan fingerprint density at radius 2 is 1.53 bits per heavy atom. The zero-order valence-corrected chi connectivity index (χ0v) is 28.6. The molecule has 0 spiro atoms. The molecule has 0 saturated heterocycles. The quantitative estimate of drug-likeness (QED) is 0.0945. The van der Waals surface area contributed by atoms with Crippen molar-refractivity contribution in [3.8, 4) is 11.1 Å². The molecule has 0 radical (unpaired) electrons. The number of urea groups is 1. The number of hydrogen-bond acceptors (Lipinski definition) is 5. The maximum absolute atomic E-state index is 12.9. The summed E-state index contributed by atoms with van der Waals surface area (Å²) in [6.07, 6.45) is 3.40. The number of amides is 4. The Balaban J connectivity index is 1.03. The van der Waals surface area contributed by atoms with E-state index in [1.807, 2.05) is 62.4 Å². The van der Waals surface area contributed by atoms with Gasteiger partial charge in [0.2, 0.25) is 5.91 Å². The predicted octanol–water partition coefficient (Wildman–Crippen LogP) is 6.79. The van der Waals surface area contributed by atoms with Crippen LogP contribution in [0.5, 0.6) is 0 Å². The number of aryl methyl sites for hydroxylation is 1. The summed E-state index contributed by atoms with van der Waals surface area (Å²) in [5, 5.41) is 13.5. The molecule has 1 fully saturated rings. The Morgan fingerprint density at radius 3 is 2.15 bits per heavy atom. The molecule has 0 unspecified atom stereocenters. The van der Waals surface area contributed by atoms with E-state index in [4.69, 9.17) is 4.74 Å². The maximum Gasteiger partial charge on any atom is 0.407 e. The van der Waals surface area contributed by atoms with Gasteiger partial charge < -0.3 is 20.7 Å². The van der Waals surface area contributed by atoms with E-state index in [2.05, 4.69) is 66.7 Å². The molecule has 10 heteroatoms. The molecule has 0 aromatic heterocycles. The van der Waals surface area contributed by atoms with E-state index in [1.165, 1.54) is 16.7 Å². The molecule has 1 saturated carbocycles. The molecule has 3 aromatic carbocycles. The van der Waals surface area contributed by atoms with Crippen molar-refractivity contribution in [2.75, 3.05) is 18.5 Å². The number of hydrogen-bond donors (Lipinski definition) is 4. The third-order valence-electron chi connectivity index (χ3n) is 9.24. The molecule has 0 aliphatic heterocycles. The van der Waals surface area contributed by atoms with Gasteiger partial charge in [-0.25, -0.2) is 15.0 Å². The van der Waals surface area contributed by atoms with Crippen LogP contribution in [0.4, 0.5) is 9.59 Å². The summed E-state index contributed by atoms with van der Waals surface area (Å²) in [5.74, 6) is 0.384. The van der Waals surface area contributed by atoms with Crippen LogP contribution in [0.15, 0.2) is 77.9 Å². The minimum absolute atomic E-state index is 0.00608. The van der Waals surface area contributed by atoms with Gasteiger partial charge >= 0.3 is 12.1 Å². The second-order valence-electron chi connectivity index (χ2n) is 12.4. The lowest BCUT2D eigenvalue weighted by Crippen LogP contribution is -2.44. The zero-order valence-electron chi connectivity index (χ0n) is 27.1. The van der Waals surface area contributed by atoms with E-state index in [9.17, 15) is 14.4 Å². The average molecular weight is 703 g/mol. The van der Waals surface area contributed by atoms with Crippen molar-refractivity contribution in [2.45, 2.75) is 64.5 Å². The predicted molar refractivity (Wildman–Crippen MR) is 189 cm³/mol. The van der Waals surface area contributed by atoms with Gasteiger partial charge in [-0.2, -0.15) is 5.10 Å². The number of rotatable bonds is 12. The van der Waals surface area contributed by atoms with Crippen LogP contribution >= 0.6 is 15.9 Å². The lowest BCUT2D eigenvalue weighted by Gasteiger charge is -2.27. The van der Waals surface area contributed by atoms with Crippen molar-refractivity contribution in [2.24, 2.45) is 16.9 Å². The molecular weight excluding hydrogens is 658 g/mol. The number of carbonyl (C=O) groups is 3. The molecule has 2 aliphatic rings. The van der Waals surface area contributed by atoms with E-state index in [0.29, 0.717) is 36.5 Å². The van der Waals surface area contributed by atoms with Gasteiger partial charge in [0.1, 0.15) is 6.61 Å². The molecule has 5 rings (SSSR count). The van der Waals surface area contributed by atoms with Crippen molar-refractivity contribution in [3.05, 3.63) is 95.1 Å². The second kappa shape index (κ2) is 16.6. The first kappa shape index (κ1) is 34.2. The Morgan fingerprint density at radius 1 is 0.894 bits per heavy atom. The van der Waals surface area contributed by atoms with Crippen molar-refractivity contribution in [3.63, 3.8) is 0 Å². The van der Waals surface area contributed by atoms with Gasteiger partial charge in [-0.15, -0.1) is 0 Å². The van der Waals surface area contributed by atoms with Crippen LogP contribution in [-0.4, -0.2) is 48.3 Å². The monoisotopic (exact) mass is 701 g/mol. The number of nitrogens with zero attached hydrogens (tertiary/aromatic N) is 1. The Kier molecular flexibility index (Phi) is 12.1. The summed E-state index contributed by atoms with van der Waals surface area (Å²) < 4.78 is 5.71. The van der Waals surface area contributed by atoms with Crippen LogP contribution in [0.1, 0.15) is 67.2 Å². The summed E-state index contributed by atoms with van der Waals surface area (Å²) >= 11 is 3.44. The Labute approximate surface area is 285 Å². The van der Waals surface area contributed by atoms with E-state index in [0.717, 1.165) is 42.4 Å². The van der Waals surface area contributed by atoms with Crippen LogP contribution in [0, 0.1) is 18.8 Å². The van der Waals surface area contributed by atoms with Crippen molar-refractivity contribution >= 4 is 39.7 Å². The fourth-order valence-electron chi connectivity index (χ4n) is 6.47. The van der Waals surface area contributed by atoms with Gasteiger partial charge in [-0.05, 0) is 72.8 Å². The van der Waals surface area contributed by atoms with Gasteiger partial charge in [0, 0.05) is 30.3 Å². The van der Waals surface area contributed by atoms with Crippen LogP contribution in [0.25, 0.3) is 11.1 Å². The number of ether oxygens (including phenoxy) is 1. The molecule has 1 atom stereocenters. The third-order valence-corrected chi connectivity index (χ3v) is 9.81. The van der Waals surface area contributed by atoms with Gasteiger partial charge in [0.05, 0.1) is 11.8 Å². The van der Waals surface area contributed by atoms with Crippen molar-refractivity contribution in [1.29, 1.82) is 0 Å². The maximum atomic E-state index is 12.9. The van der Waals surface area contributed by atoms with E-state index in [-0.39, 0.29) is 24.3 Å². The van der Waals surface area contributed by atoms with Gasteiger partial charge in [-0.1, -0.05) is 101 Å². The molecular formula is C37H44BrN5O4. The van der Waals surface area contributed by atoms with Crippen molar-refractivity contribution in [1.82, 2.24) is 21.4 Å². The fourth-order valence-corrected chi connectivity index (χ4v) is 6.99. The van der Waals surface area contributed by atoms with Gasteiger partial charge in [-0.3, -0.25) is 4.79 Å². The molecule has 47 heavy (non-hydrogen) atoms. The van der Waals surface area contributed by atoms with Crippen LogP contribution < -0.4 is 21.4 Å². The zero-order chi connectivity index (χ0) is 33.2. The number of nitrogens with one attached hydrogen (secondary N) is 4. The molecule has 248 valence electrons. The van der Waals surface area contributed by atoms with Crippen LogP contribution in [-0.2, 0) is 16.1 Å².